The molecule has 0 spiro atoms. The molecule has 0 bridgehead atoms. The van der Waals surface area contributed by atoms with Crippen molar-refractivity contribution in [1.82, 2.24) is 4.98 Å². The zero-order valence-corrected chi connectivity index (χ0v) is 10.2. The minimum absolute atomic E-state index is 0.00125. The molecule has 1 aromatic heterocycles. The molecule has 92 valence electrons. The second kappa shape index (κ2) is 5.31. The number of pyridine rings is 1. The van der Waals surface area contributed by atoms with Gasteiger partial charge in [0.25, 0.3) is 0 Å². The van der Waals surface area contributed by atoms with Crippen LogP contribution in [0.3, 0.4) is 0 Å². The lowest BCUT2D eigenvalue weighted by Gasteiger charge is -2.06. The van der Waals surface area contributed by atoms with Gasteiger partial charge in [0.2, 0.25) is 5.88 Å². The molecule has 0 aliphatic heterocycles. The molecule has 0 aliphatic carbocycles. The molecule has 4 nitrogen and oxygen atoms in total. The van der Waals surface area contributed by atoms with E-state index in [2.05, 4.69) is 11.9 Å². The summed E-state index contributed by atoms with van der Waals surface area (Å²) in [7, 11) is 0. The average molecular weight is 241 g/mol. The Morgan fingerprint density at radius 2 is 1.94 bits per heavy atom. The molecule has 2 aromatic rings. The SMILES string of the molecule is CCc1ccc(Oc2ccc(C(=N)N)cn2)cc1. The summed E-state index contributed by atoms with van der Waals surface area (Å²) in [6, 6.07) is 11.3. The number of aryl methyl sites for hydroxylation is 1. The first-order chi connectivity index (χ1) is 8.69. The maximum absolute atomic E-state index is 7.27. The van der Waals surface area contributed by atoms with Gasteiger partial charge in [-0.15, -0.1) is 0 Å². The number of aromatic nitrogens is 1. The molecule has 0 saturated heterocycles. The van der Waals surface area contributed by atoms with Gasteiger partial charge in [-0.05, 0) is 30.2 Å². The third-order valence-electron chi connectivity index (χ3n) is 2.60. The number of hydrogen-bond donors (Lipinski definition) is 2. The standard InChI is InChI=1S/C14H15N3O/c1-2-10-3-6-12(7-4-10)18-13-8-5-11(9-17-13)14(15)16/h3-9H,2H2,1H3,(H3,15,16). The van der Waals surface area contributed by atoms with E-state index in [0.717, 1.165) is 12.2 Å². The van der Waals surface area contributed by atoms with E-state index >= 15 is 0 Å². The van der Waals surface area contributed by atoms with E-state index in [0.29, 0.717) is 11.4 Å². The lowest BCUT2D eigenvalue weighted by molar-refractivity contribution is 0.463. The summed E-state index contributed by atoms with van der Waals surface area (Å²) in [6.07, 6.45) is 2.53. The van der Waals surface area contributed by atoms with E-state index in [-0.39, 0.29) is 5.84 Å². The van der Waals surface area contributed by atoms with Gasteiger partial charge in [-0.1, -0.05) is 19.1 Å². The molecule has 0 aliphatic rings. The molecule has 4 heteroatoms. The summed E-state index contributed by atoms with van der Waals surface area (Å²) in [5.74, 6) is 1.24. The molecule has 0 radical (unpaired) electrons. The summed E-state index contributed by atoms with van der Waals surface area (Å²) in [5.41, 5.74) is 7.20. The van der Waals surface area contributed by atoms with Gasteiger partial charge < -0.3 is 10.5 Å². The summed E-state index contributed by atoms with van der Waals surface area (Å²) in [4.78, 5) is 4.09. The number of nitrogens with one attached hydrogen (secondary N) is 1. The van der Waals surface area contributed by atoms with Crippen molar-refractivity contribution in [2.75, 3.05) is 0 Å². The summed E-state index contributed by atoms with van der Waals surface area (Å²) in [6.45, 7) is 2.11. The van der Waals surface area contributed by atoms with Crippen LogP contribution in [0.15, 0.2) is 42.6 Å². The zero-order valence-electron chi connectivity index (χ0n) is 10.2. The fraction of sp³-hybridized carbons (Fsp3) is 0.143. The monoisotopic (exact) mass is 241 g/mol. The highest BCUT2D eigenvalue weighted by molar-refractivity contribution is 5.94. The Bertz CT molecular complexity index is 532. The quantitative estimate of drug-likeness (QED) is 0.638. The predicted octanol–water partition coefficient (Wildman–Crippen LogP) is 2.72. The van der Waals surface area contributed by atoms with E-state index in [1.807, 2.05) is 24.3 Å². The second-order valence-corrected chi connectivity index (χ2v) is 3.90. The number of rotatable bonds is 4. The number of nitrogen functional groups attached to an aromatic ring is 1. The van der Waals surface area contributed by atoms with Crippen LogP contribution in [0.25, 0.3) is 0 Å². The molecule has 0 saturated carbocycles. The Kier molecular flexibility index (Phi) is 3.57. The minimum atomic E-state index is 0.00125. The first-order valence-electron chi connectivity index (χ1n) is 5.76. The molecule has 2 rings (SSSR count). The van der Waals surface area contributed by atoms with E-state index in [1.165, 1.54) is 11.8 Å². The highest BCUT2D eigenvalue weighted by Gasteiger charge is 2.01. The van der Waals surface area contributed by atoms with Gasteiger partial charge in [0.1, 0.15) is 11.6 Å². The van der Waals surface area contributed by atoms with Gasteiger partial charge in [0, 0.05) is 17.8 Å². The summed E-state index contributed by atoms with van der Waals surface area (Å²) in [5, 5.41) is 7.27. The molecule has 0 atom stereocenters. The van der Waals surface area contributed by atoms with Crippen LogP contribution in [0.4, 0.5) is 0 Å². The van der Waals surface area contributed by atoms with Crippen molar-refractivity contribution in [2.24, 2.45) is 5.73 Å². The van der Waals surface area contributed by atoms with Gasteiger partial charge in [-0.25, -0.2) is 4.98 Å². The Morgan fingerprint density at radius 3 is 2.44 bits per heavy atom. The lowest BCUT2D eigenvalue weighted by Crippen LogP contribution is -2.11. The van der Waals surface area contributed by atoms with Crippen molar-refractivity contribution < 1.29 is 4.74 Å². The van der Waals surface area contributed by atoms with E-state index in [4.69, 9.17) is 15.9 Å². The number of amidine groups is 1. The second-order valence-electron chi connectivity index (χ2n) is 3.90. The normalized spacial score (nSPS) is 10.1. The van der Waals surface area contributed by atoms with Crippen LogP contribution in [-0.4, -0.2) is 10.8 Å². The van der Waals surface area contributed by atoms with Crippen LogP contribution in [-0.2, 0) is 6.42 Å². The highest BCUT2D eigenvalue weighted by Crippen LogP contribution is 2.19. The third kappa shape index (κ3) is 2.85. The molecule has 18 heavy (non-hydrogen) atoms. The molecule has 0 unspecified atom stereocenters. The molecule has 0 fully saturated rings. The van der Waals surface area contributed by atoms with Gasteiger partial charge >= 0.3 is 0 Å². The first-order valence-corrected chi connectivity index (χ1v) is 5.76. The largest absolute Gasteiger partial charge is 0.439 e. The Labute approximate surface area is 106 Å². The zero-order chi connectivity index (χ0) is 13.0. The number of benzene rings is 1. The molecule has 0 amide bonds. The van der Waals surface area contributed by atoms with Gasteiger partial charge in [0.05, 0.1) is 0 Å². The van der Waals surface area contributed by atoms with Crippen molar-refractivity contribution in [2.45, 2.75) is 13.3 Å². The number of hydrogen-bond acceptors (Lipinski definition) is 3. The smallest absolute Gasteiger partial charge is 0.219 e. The fourth-order valence-corrected chi connectivity index (χ4v) is 1.51. The fourth-order valence-electron chi connectivity index (χ4n) is 1.51. The molecular weight excluding hydrogens is 226 g/mol. The third-order valence-corrected chi connectivity index (χ3v) is 2.60. The number of ether oxygens (including phenoxy) is 1. The molecule has 1 heterocycles. The van der Waals surface area contributed by atoms with Gasteiger partial charge in [-0.3, -0.25) is 5.41 Å². The van der Waals surface area contributed by atoms with Crippen molar-refractivity contribution in [3.05, 3.63) is 53.7 Å². The van der Waals surface area contributed by atoms with Crippen LogP contribution in [0, 0.1) is 5.41 Å². The van der Waals surface area contributed by atoms with E-state index in [1.54, 1.807) is 12.1 Å². The Balaban J connectivity index is 2.10. The molecule has 3 N–H and O–H groups in total. The van der Waals surface area contributed by atoms with Crippen LogP contribution in [0.1, 0.15) is 18.1 Å². The van der Waals surface area contributed by atoms with Crippen LogP contribution in [0.5, 0.6) is 11.6 Å². The van der Waals surface area contributed by atoms with Crippen LogP contribution >= 0.6 is 0 Å². The van der Waals surface area contributed by atoms with Gasteiger partial charge in [-0.2, -0.15) is 0 Å². The Hall–Kier alpha value is -2.36. The van der Waals surface area contributed by atoms with Crippen molar-refractivity contribution in [3.8, 4) is 11.6 Å². The van der Waals surface area contributed by atoms with Crippen LogP contribution < -0.4 is 10.5 Å². The van der Waals surface area contributed by atoms with Crippen LogP contribution in [0.2, 0.25) is 0 Å². The summed E-state index contributed by atoms with van der Waals surface area (Å²) < 4.78 is 5.59. The maximum Gasteiger partial charge on any atom is 0.219 e. The number of nitrogens with zero attached hydrogens (tertiary/aromatic N) is 1. The van der Waals surface area contributed by atoms with Crippen molar-refractivity contribution >= 4 is 5.84 Å². The van der Waals surface area contributed by atoms with E-state index < -0.39 is 0 Å². The average Bonchev–Trinajstić information content (AvgIpc) is 2.40. The Morgan fingerprint density at radius 1 is 1.22 bits per heavy atom. The highest BCUT2D eigenvalue weighted by atomic mass is 16.5. The topological polar surface area (TPSA) is 72.0 Å². The maximum atomic E-state index is 7.27. The number of nitrogens with two attached hydrogens (primary N) is 1. The van der Waals surface area contributed by atoms with Gasteiger partial charge in [0.15, 0.2) is 0 Å². The van der Waals surface area contributed by atoms with Crippen molar-refractivity contribution in [3.63, 3.8) is 0 Å². The minimum Gasteiger partial charge on any atom is -0.439 e. The lowest BCUT2D eigenvalue weighted by atomic mass is 10.2. The first kappa shape index (κ1) is 12.1. The summed E-state index contributed by atoms with van der Waals surface area (Å²) >= 11 is 0. The van der Waals surface area contributed by atoms with E-state index in [9.17, 15) is 0 Å². The molecular formula is C14H15N3O. The predicted molar refractivity (Wildman–Crippen MR) is 71.1 cm³/mol. The van der Waals surface area contributed by atoms with Crippen molar-refractivity contribution in [1.29, 1.82) is 5.41 Å². The molecule has 1 aromatic carbocycles.